The first-order valence-corrected chi connectivity index (χ1v) is 5.94. The molecule has 1 unspecified atom stereocenters. The molecule has 16 heavy (non-hydrogen) atoms. The molecule has 0 amide bonds. The van der Waals surface area contributed by atoms with Gasteiger partial charge < -0.3 is 4.31 Å². The molecule has 3 heteroatoms. The Hall–Kier alpha value is -1.14. The van der Waals surface area contributed by atoms with Crippen LogP contribution in [0.15, 0.2) is 24.3 Å². The molecule has 0 radical (unpaired) electrons. The van der Waals surface area contributed by atoms with Crippen molar-refractivity contribution >= 4 is 18.5 Å². The molecule has 0 aliphatic heterocycles. The van der Waals surface area contributed by atoms with Gasteiger partial charge in [0, 0.05) is 19.2 Å². The van der Waals surface area contributed by atoms with E-state index in [1.165, 1.54) is 5.56 Å². The van der Waals surface area contributed by atoms with E-state index in [0.717, 1.165) is 5.69 Å². The number of thiol groups is 1. The van der Waals surface area contributed by atoms with Gasteiger partial charge in [-0.15, -0.1) is 0 Å². The van der Waals surface area contributed by atoms with Crippen LogP contribution in [-0.4, -0.2) is 7.05 Å². The molecule has 2 nitrogen and oxygen atoms in total. The molecule has 1 atom stereocenters. The molecule has 0 saturated heterocycles. The Bertz CT molecular complexity index is 342. The highest BCUT2D eigenvalue weighted by molar-refractivity contribution is 7.81. The maximum atomic E-state index is 8.60. The quantitative estimate of drug-likeness (QED) is 0.803. The first-order chi connectivity index (χ1) is 7.65. The van der Waals surface area contributed by atoms with Gasteiger partial charge in [0.25, 0.3) is 0 Å². The van der Waals surface area contributed by atoms with E-state index < -0.39 is 0 Å². The number of nitriles is 1. The molecule has 0 N–H and O–H groups in total. The van der Waals surface area contributed by atoms with E-state index in [4.69, 9.17) is 5.26 Å². The number of nitrogens with zero attached hydrogens (tertiary/aromatic N) is 2. The van der Waals surface area contributed by atoms with Gasteiger partial charge in [0.05, 0.1) is 6.07 Å². The second kappa shape index (κ2) is 8.06. The number of benzene rings is 1. The van der Waals surface area contributed by atoms with Crippen molar-refractivity contribution in [2.45, 2.75) is 33.1 Å². The fraction of sp³-hybridized carbons (Fsp3) is 0.462. The van der Waals surface area contributed by atoms with E-state index in [0.29, 0.717) is 6.42 Å². The fourth-order valence-corrected chi connectivity index (χ4v) is 1.41. The molecule has 0 aromatic heterocycles. The van der Waals surface area contributed by atoms with Crippen molar-refractivity contribution in [3.63, 3.8) is 0 Å². The third-order valence-electron chi connectivity index (χ3n) is 2.21. The molecular weight excluding hydrogens is 216 g/mol. The monoisotopic (exact) mass is 236 g/mol. The predicted octanol–water partition coefficient (Wildman–Crippen LogP) is 4.01. The van der Waals surface area contributed by atoms with Crippen molar-refractivity contribution in [3.05, 3.63) is 29.8 Å². The Balaban J connectivity index is 0.00000106. The molecule has 1 aromatic rings. The lowest BCUT2D eigenvalue weighted by Gasteiger charge is -2.14. The first-order valence-electron chi connectivity index (χ1n) is 5.54. The van der Waals surface area contributed by atoms with Crippen molar-refractivity contribution in [3.8, 4) is 6.07 Å². The standard InChI is InChI=1S/C11H14N2S.C2H6/c1-9(6-7-12)10-4-3-5-11(8-10)13(2)14;1-2/h3-5,8-9,14H,6H2,1-2H3;1-2H3. The largest absolute Gasteiger partial charge is 0.322 e. The Kier molecular flexibility index (Phi) is 7.49. The summed E-state index contributed by atoms with van der Waals surface area (Å²) in [6.07, 6.45) is 0.555. The van der Waals surface area contributed by atoms with E-state index in [2.05, 4.69) is 31.9 Å². The van der Waals surface area contributed by atoms with Crippen LogP contribution in [-0.2, 0) is 0 Å². The molecule has 0 aliphatic rings. The van der Waals surface area contributed by atoms with Crippen molar-refractivity contribution < 1.29 is 0 Å². The lowest BCUT2D eigenvalue weighted by molar-refractivity contribution is 0.789. The molecule has 0 heterocycles. The Morgan fingerprint density at radius 1 is 1.44 bits per heavy atom. The summed E-state index contributed by atoms with van der Waals surface area (Å²) >= 11 is 4.22. The highest BCUT2D eigenvalue weighted by atomic mass is 32.1. The minimum atomic E-state index is 0.285. The van der Waals surface area contributed by atoms with Crippen molar-refractivity contribution in [2.75, 3.05) is 11.4 Å². The fourth-order valence-electron chi connectivity index (χ4n) is 1.29. The van der Waals surface area contributed by atoms with Gasteiger partial charge in [-0.3, -0.25) is 0 Å². The maximum absolute atomic E-state index is 8.60. The summed E-state index contributed by atoms with van der Waals surface area (Å²) in [4.78, 5) is 0. The molecule has 88 valence electrons. The minimum absolute atomic E-state index is 0.285. The van der Waals surface area contributed by atoms with Gasteiger partial charge in [-0.2, -0.15) is 5.26 Å². The van der Waals surface area contributed by atoms with Crippen molar-refractivity contribution in [1.82, 2.24) is 0 Å². The zero-order chi connectivity index (χ0) is 12.6. The van der Waals surface area contributed by atoms with Gasteiger partial charge >= 0.3 is 0 Å². The normalized spacial score (nSPS) is 10.8. The zero-order valence-electron chi connectivity index (χ0n) is 10.4. The summed E-state index contributed by atoms with van der Waals surface area (Å²) in [5.74, 6) is 0.285. The zero-order valence-corrected chi connectivity index (χ0v) is 11.3. The maximum Gasteiger partial charge on any atom is 0.0628 e. The summed E-state index contributed by atoms with van der Waals surface area (Å²) in [5, 5.41) is 8.60. The lowest BCUT2D eigenvalue weighted by atomic mass is 9.98. The van der Waals surface area contributed by atoms with Gasteiger partial charge in [-0.05, 0) is 23.6 Å². The predicted molar refractivity (Wildman–Crippen MR) is 73.8 cm³/mol. The van der Waals surface area contributed by atoms with Crippen LogP contribution in [0.25, 0.3) is 0 Å². The Morgan fingerprint density at radius 3 is 2.56 bits per heavy atom. The molecule has 0 bridgehead atoms. The van der Waals surface area contributed by atoms with Crippen LogP contribution in [0, 0.1) is 11.3 Å². The van der Waals surface area contributed by atoms with Crippen LogP contribution in [0.4, 0.5) is 5.69 Å². The molecule has 0 spiro atoms. The van der Waals surface area contributed by atoms with E-state index in [1.54, 1.807) is 4.31 Å². The number of hydrogen-bond acceptors (Lipinski definition) is 3. The Morgan fingerprint density at radius 2 is 2.06 bits per heavy atom. The second-order valence-electron chi connectivity index (χ2n) is 3.38. The second-order valence-corrected chi connectivity index (χ2v) is 3.98. The summed E-state index contributed by atoms with van der Waals surface area (Å²) in [5.41, 5.74) is 2.24. The third kappa shape index (κ3) is 4.59. The van der Waals surface area contributed by atoms with E-state index in [9.17, 15) is 0 Å². The lowest BCUT2D eigenvalue weighted by Crippen LogP contribution is -2.02. The molecule has 0 saturated carbocycles. The number of hydrogen-bond donors (Lipinski definition) is 1. The molecule has 1 aromatic carbocycles. The summed E-state index contributed by atoms with van der Waals surface area (Å²) in [7, 11) is 1.89. The molecule has 0 fully saturated rings. The van der Waals surface area contributed by atoms with E-state index >= 15 is 0 Å². The first kappa shape index (κ1) is 14.9. The number of anilines is 1. The van der Waals surface area contributed by atoms with Gasteiger partial charge in [-0.25, -0.2) is 0 Å². The average molecular weight is 236 g/mol. The molecule has 1 rings (SSSR count). The van der Waals surface area contributed by atoms with Crippen molar-refractivity contribution in [1.29, 1.82) is 5.26 Å². The smallest absolute Gasteiger partial charge is 0.0628 e. The number of rotatable bonds is 3. The van der Waals surface area contributed by atoms with Gasteiger partial charge in [0.1, 0.15) is 0 Å². The average Bonchev–Trinajstić information content (AvgIpc) is 2.32. The molecule has 0 aliphatic carbocycles. The minimum Gasteiger partial charge on any atom is -0.322 e. The molecular formula is C13H20N2S. The van der Waals surface area contributed by atoms with Gasteiger partial charge in [0.2, 0.25) is 0 Å². The van der Waals surface area contributed by atoms with Gasteiger partial charge in [-0.1, -0.05) is 45.7 Å². The Labute approximate surface area is 104 Å². The summed E-state index contributed by atoms with van der Waals surface area (Å²) in [6.45, 7) is 6.06. The van der Waals surface area contributed by atoms with Crippen LogP contribution in [0.2, 0.25) is 0 Å². The van der Waals surface area contributed by atoms with Crippen molar-refractivity contribution in [2.24, 2.45) is 0 Å². The summed E-state index contributed by atoms with van der Waals surface area (Å²) < 4.78 is 1.77. The highest BCUT2D eigenvalue weighted by Gasteiger charge is 2.05. The SMILES string of the molecule is CC.CC(CC#N)c1cccc(N(C)S)c1. The highest BCUT2D eigenvalue weighted by Crippen LogP contribution is 2.23. The van der Waals surface area contributed by atoms with E-state index in [1.807, 2.05) is 39.1 Å². The third-order valence-corrected chi connectivity index (χ3v) is 2.44. The van der Waals surface area contributed by atoms with Crippen LogP contribution < -0.4 is 4.31 Å². The van der Waals surface area contributed by atoms with Crippen LogP contribution in [0.1, 0.15) is 38.7 Å². The van der Waals surface area contributed by atoms with E-state index in [-0.39, 0.29) is 5.92 Å². The van der Waals surface area contributed by atoms with Gasteiger partial charge in [0.15, 0.2) is 0 Å². The summed E-state index contributed by atoms with van der Waals surface area (Å²) in [6, 6.07) is 10.3. The van der Waals surface area contributed by atoms with Crippen LogP contribution >= 0.6 is 12.8 Å². The van der Waals surface area contributed by atoms with Crippen LogP contribution in [0.3, 0.4) is 0 Å². The topological polar surface area (TPSA) is 27.0 Å². The van der Waals surface area contributed by atoms with Crippen LogP contribution in [0.5, 0.6) is 0 Å².